The van der Waals surface area contributed by atoms with Gasteiger partial charge in [-0.1, -0.05) is 13.0 Å². The molecule has 0 bridgehead atoms. The largest absolute Gasteiger partial charge is 0.311 e. The molecule has 3 heteroatoms. The first-order valence-corrected chi connectivity index (χ1v) is 5.50. The van der Waals surface area contributed by atoms with E-state index in [4.69, 9.17) is 0 Å². The van der Waals surface area contributed by atoms with Crippen LogP contribution in [-0.4, -0.2) is 12.1 Å². The summed E-state index contributed by atoms with van der Waals surface area (Å²) in [6.07, 6.45) is 0. The fourth-order valence-electron chi connectivity index (χ4n) is 1.54. The van der Waals surface area contributed by atoms with Crippen molar-refractivity contribution in [3.8, 4) is 0 Å². The van der Waals surface area contributed by atoms with E-state index in [0.717, 1.165) is 0 Å². The van der Waals surface area contributed by atoms with Crippen LogP contribution in [0.4, 0.5) is 8.78 Å². The van der Waals surface area contributed by atoms with Crippen LogP contribution in [0.3, 0.4) is 0 Å². The Labute approximate surface area is 95.9 Å². The molecule has 1 N–H and O–H groups in total. The van der Waals surface area contributed by atoms with E-state index in [9.17, 15) is 8.78 Å². The van der Waals surface area contributed by atoms with Gasteiger partial charge in [0.25, 0.3) is 0 Å². The number of rotatable bonds is 3. The molecule has 0 heterocycles. The molecule has 0 radical (unpaired) electrons. The molecule has 1 nitrogen and oxygen atoms in total. The van der Waals surface area contributed by atoms with Crippen molar-refractivity contribution < 1.29 is 8.78 Å². The van der Waals surface area contributed by atoms with Gasteiger partial charge in [-0.2, -0.15) is 0 Å². The first-order chi connectivity index (χ1) is 7.31. The summed E-state index contributed by atoms with van der Waals surface area (Å²) in [6, 6.07) is 3.98. The van der Waals surface area contributed by atoms with Gasteiger partial charge in [0.1, 0.15) is 11.6 Å². The third-order valence-electron chi connectivity index (χ3n) is 2.43. The van der Waals surface area contributed by atoms with Crippen LogP contribution in [0.2, 0.25) is 0 Å². The molecule has 0 saturated heterocycles. The maximum atomic E-state index is 13.5. The second-order valence-corrected chi connectivity index (χ2v) is 5.17. The molecule has 0 aromatic heterocycles. The van der Waals surface area contributed by atoms with Gasteiger partial charge in [0.2, 0.25) is 0 Å². The summed E-state index contributed by atoms with van der Waals surface area (Å²) < 4.78 is 26.9. The number of nitrogens with one attached hydrogen (secondary N) is 1. The lowest BCUT2D eigenvalue weighted by atomic mass is 9.98. The van der Waals surface area contributed by atoms with Crippen LogP contribution >= 0.6 is 0 Å². The third kappa shape index (κ3) is 3.56. The molecule has 1 aromatic rings. The quantitative estimate of drug-likeness (QED) is 0.834. The van der Waals surface area contributed by atoms with Crippen molar-refractivity contribution in [3.63, 3.8) is 0 Å². The number of hydrogen-bond acceptors (Lipinski definition) is 1. The zero-order valence-electron chi connectivity index (χ0n) is 10.3. The van der Waals surface area contributed by atoms with Crippen molar-refractivity contribution in [2.24, 2.45) is 0 Å². The van der Waals surface area contributed by atoms with E-state index in [1.807, 2.05) is 27.7 Å². The van der Waals surface area contributed by atoms with E-state index in [1.165, 1.54) is 18.2 Å². The van der Waals surface area contributed by atoms with Gasteiger partial charge in [-0.3, -0.25) is 0 Å². The second-order valence-electron chi connectivity index (χ2n) is 5.17. The Kier molecular flexibility index (Phi) is 4.03. The van der Waals surface area contributed by atoms with Crippen molar-refractivity contribution in [2.75, 3.05) is 6.54 Å². The van der Waals surface area contributed by atoms with Gasteiger partial charge in [-0.25, -0.2) is 8.78 Å². The van der Waals surface area contributed by atoms with Crippen LogP contribution in [0, 0.1) is 11.6 Å². The number of benzene rings is 1. The van der Waals surface area contributed by atoms with Gasteiger partial charge in [-0.15, -0.1) is 0 Å². The zero-order chi connectivity index (χ0) is 12.3. The molecule has 1 atom stereocenters. The molecule has 90 valence electrons. The maximum absolute atomic E-state index is 13.5. The fourth-order valence-corrected chi connectivity index (χ4v) is 1.54. The summed E-state index contributed by atoms with van der Waals surface area (Å²) in [4.78, 5) is 0. The summed E-state index contributed by atoms with van der Waals surface area (Å²) in [5, 5.41) is 3.24. The van der Waals surface area contributed by atoms with Crippen LogP contribution in [-0.2, 0) is 0 Å². The molecule has 0 fully saturated rings. The van der Waals surface area contributed by atoms with Gasteiger partial charge < -0.3 is 5.32 Å². The minimum absolute atomic E-state index is 0.0456. The second kappa shape index (κ2) is 4.91. The molecular formula is C13H19F2N. The molecule has 0 aliphatic carbocycles. The molecule has 0 saturated carbocycles. The predicted octanol–water partition coefficient (Wildman–Crippen LogP) is 3.46. The first kappa shape index (κ1) is 13.1. The van der Waals surface area contributed by atoms with E-state index >= 15 is 0 Å². The normalized spacial score (nSPS) is 13.9. The fraction of sp³-hybridized carbons (Fsp3) is 0.538. The van der Waals surface area contributed by atoms with Gasteiger partial charge >= 0.3 is 0 Å². The Morgan fingerprint density at radius 2 is 1.69 bits per heavy atom. The average Bonchev–Trinajstić information content (AvgIpc) is 2.13. The smallest absolute Gasteiger partial charge is 0.129 e. The number of hydrogen-bond donors (Lipinski definition) is 1. The Balaban J connectivity index is 2.77. The van der Waals surface area contributed by atoms with Crippen LogP contribution < -0.4 is 5.32 Å². The highest BCUT2D eigenvalue weighted by Gasteiger charge is 2.18. The highest BCUT2D eigenvalue weighted by atomic mass is 19.1. The SMILES string of the molecule is CC(CNC(C)(C)C)c1c(F)cccc1F. The lowest BCUT2D eigenvalue weighted by Gasteiger charge is -2.24. The lowest BCUT2D eigenvalue weighted by Crippen LogP contribution is -2.38. The molecule has 0 aliphatic heterocycles. The molecule has 0 amide bonds. The van der Waals surface area contributed by atoms with E-state index in [-0.39, 0.29) is 17.0 Å². The van der Waals surface area contributed by atoms with Gasteiger partial charge in [-0.05, 0) is 38.8 Å². The van der Waals surface area contributed by atoms with Crippen molar-refractivity contribution in [1.82, 2.24) is 5.32 Å². The molecule has 1 rings (SSSR count). The van der Waals surface area contributed by atoms with E-state index in [0.29, 0.717) is 6.54 Å². The molecule has 0 aliphatic rings. The monoisotopic (exact) mass is 227 g/mol. The molecule has 1 aromatic carbocycles. The summed E-state index contributed by atoms with van der Waals surface area (Å²) in [5.74, 6) is -1.12. The van der Waals surface area contributed by atoms with Gasteiger partial charge in [0.05, 0.1) is 0 Å². The lowest BCUT2D eigenvalue weighted by molar-refractivity contribution is 0.403. The molecule has 16 heavy (non-hydrogen) atoms. The predicted molar refractivity (Wildman–Crippen MR) is 62.5 cm³/mol. The van der Waals surface area contributed by atoms with Crippen LogP contribution in [0.15, 0.2) is 18.2 Å². The standard InChI is InChI=1S/C13H19F2N/c1-9(8-16-13(2,3)4)12-10(14)6-5-7-11(12)15/h5-7,9,16H,8H2,1-4H3. The molecule has 1 unspecified atom stereocenters. The minimum Gasteiger partial charge on any atom is -0.311 e. The van der Waals surface area contributed by atoms with Gasteiger partial charge in [0, 0.05) is 17.6 Å². The number of halogens is 2. The Morgan fingerprint density at radius 3 is 2.12 bits per heavy atom. The van der Waals surface area contributed by atoms with Crippen molar-refractivity contribution in [3.05, 3.63) is 35.4 Å². The van der Waals surface area contributed by atoms with Crippen LogP contribution in [0.5, 0.6) is 0 Å². The Bertz CT molecular complexity index is 335. The molecule has 0 spiro atoms. The topological polar surface area (TPSA) is 12.0 Å². The third-order valence-corrected chi connectivity index (χ3v) is 2.43. The zero-order valence-corrected chi connectivity index (χ0v) is 10.3. The van der Waals surface area contributed by atoms with Crippen molar-refractivity contribution >= 4 is 0 Å². The van der Waals surface area contributed by atoms with Crippen molar-refractivity contribution in [2.45, 2.75) is 39.2 Å². The van der Waals surface area contributed by atoms with E-state index in [1.54, 1.807) is 0 Å². The summed E-state index contributed by atoms with van der Waals surface area (Å²) in [5.41, 5.74) is 0.120. The average molecular weight is 227 g/mol. The van der Waals surface area contributed by atoms with Crippen LogP contribution in [0.25, 0.3) is 0 Å². The first-order valence-electron chi connectivity index (χ1n) is 5.50. The highest BCUT2D eigenvalue weighted by molar-refractivity contribution is 5.23. The highest BCUT2D eigenvalue weighted by Crippen LogP contribution is 2.22. The summed E-state index contributed by atoms with van der Waals surface area (Å²) in [6.45, 7) is 8.45. The molecular weight excluding hydrogens is 208 g/mol. The Hall–Kier alpha value is -0.960. The van der Waals surface area contributed by atoms with Gasteiger partial charge in [0.15, 0.2) is 0 Å². The minimum atomic E-state index is -0.469. The van der Waals surface area contributed by atoms with Crippen molar-refractivity contribution in [1.29, 1.82) is 0 Å². The summed E-state index contributed by atoms with van der Waals surface area (Å²) >= 11 is 0. The van der Waals surface area contributed by atoms with Crippen LogP contribution in [0.1, 0.15) is 39.2 Å². The van der Waals surface area contributed by atoms with E-state index < -0.39 is 11.6 Å². The van der Waals surface area contributed by atoms with E-state index in [2.05, 4.69) is 5.32 Å². The Morgan fingerprint density at radius 1 is 1.19 bits per heavy atom. The summed E-state index contributed by atoms with van der Waals surface area (Å²) in [7, 11) is 0. The maximum Gasteiger partial charge on any atom is 0.129 e.